The van der Waals surface area contributed by atoms with Gasteiger partial charge in [0.1, 0.15) is 0 Å². The van der Waals surface area contributed by atoms with Gasteiger partial charge >= 0.3 is 0 Å². The van der Waals surface area contributed by atoms with E-state index < -0.39 is 5.60 Å². The Labute approximate surface area is 104 Å². The third-order valence-electron chi connectivity index (χ3n) is 5.42. The summed E-state index contributed by atoms with van der Waals surface area (Å²) in [5.74, 6) is 1.94. The van der Waals surface area contributed by atoms with E-state index in [1.54, 1.807) is 0 Å². The van der Waals surface area contributed by atoms with Gasteiger partial charge in [-0.25, -0.2) is 0 Å². The van der Waals surface area contributed by atoms with Gasteiger partial charge in [-0.1, -0.05) is 51.1 Å². The summed E-state index contributed by atoms with van der Waals surface area (Å²) < 4.78 is 0. The maximum Gasteiger partial charge on any atom is 0.0960 e. The fourth-order valence-electron chi connectivity index (χ4n) is 4.53. The Hall–Kier alpha value is -0.820. The summed E-state index contributed by atoms with van der Waals surface area (Å²) in [6.07, 6.45) is 2.14. The van der Waals surface area contributed by atoms with Crippen molar-refractivity contribution in [3.05, 3.63) is 35.9 Å². The molecule has 2 fully saturated rings. The van der Waals surface area contributed by atoms with Crippen LogP contribution >= 0.6 is 0 Å². The zero-order valence-corrected chi connectivity index (χ0v) is 11.0. The lowest BCUT2D eigenvalue weighted by molar-refractivity contribution is -0.0512. The molecule has 1 nitrogen and oxygen atoms in total. The van der Waals surface area contributed by atoms with Crippen LogP contribution in [0.4, 0.5) is 0 Å². The van der Waals surface area contributed by atoms with E-state index in [1.165, 1.54) is 6.42 Å². The van der Waals surface area contributed by atoms with Crippen LogP contribution in [0.3, 0.4) is 0 Å². The standard InChI is InChI=1S/C16H22O/c1-11(2)15-10-14(15)12(3)9-16(15,17)13-7-5-4-6-8-13/h4-8,11-12,14,17H,9-10H2,1-3H3. The smallest absolute Gasteiger partial charge is 0.0960 e. The van der Waals surface area contributed by atoms with Crippen molar-refractivity contribution in [3.8, 4) is 0 Å². The lowest BCUT2D eigenvalue weighted by Crippen LogP contribution is -2.37. The molecule has 1 aromatic carbocycles. The molecule has 4 atom stereocenters. The summed E-state index contributed by atoms with van der Waals surface area (Å²) in [6.45, 7) is 6.84. The molecular formula is C16H22O. The van der Waals surface area contributed by atoms with Crippen LogP contribution in [0.2, 0.25) is 0 Å². The number of rotatable bonds is 2. The summed E-state index contributed by atoms with van der Waals surface area (Å²) in [6, 6.07) is 10.3. The first-order chi connectivity index (χ1) is 8.02. The van der Waals surface area contributed by atoms with Gasteiger partial charge in [-0.2, -0.15) is 0 Å². The molecule has 0 radical (unpaired) electrons. The summed E-state index contributed by atoms with van der Waals surface area (Å²) in [4.78, 5) is 0. The Morgan fingerprint density at radius 1 is 1.18 bits per heavy atom. The van der Waals surface area contributed by atoms with Crippen molar-refractivity contribution >= 4 is 0 Å². The second-order valence-electron chi connectivity index (χ2n) is 6.41. The van der Waals surface area contributed by atoms with Crippen molar-refractivity contribution in [2.45, 2.75) is 39.2 Å². The van der Waals surface area contributed by atoms with Crippen molar-refractivity contribution in [3.63, 3.8) is 0 Å². The quantitative estimate of drug-likeness (QED) is 0.823. The van der Waals surface area contributed by atoms with Crippen LogP contribution in [0, 0.1) is 23.2 Å². The Bertz CT molecular complexity index is 424. The van der Waals surface area contributed by atoms with E-state index in [2.05, 4.69) is 32.9 Å². The maximum atomic E-state index is 11.3. The van der Waals surface area contributed by atoms with Gasteiger partial charge in [0.2, 0.25) is 0 Å². The van der Waals surface area contributed by atoms with Crippen LogP contribution in [0.25, 0.3) is 0 Å². The summed E-state index contributed by atoms with van der Waals surface area (Å²) in [5.41, 5.74) is 0.681. The van der Waals surface area contributed by atoms with Crippen LogP contribution in [-0.2, 0) is 5.60 Å². The highest BCUT2D eigenvalue weighted by Gasteiger charge is 2.74. The van der Waals surface area contributed by atoms with Gasteiger partial charge in [-0.05, 0) is 36.2 Å². The zero-order chi connectivity index (χ0) is 12.3. The predicted molar refractivity (Wildman–Crippen MR) is 69.5 cm³/mol. The highest BCUT2D eigenvalue weighted by molar-refractivity contribution is 5.34. The first-order valence-corrected chi connectivity index (χ1v) is 6.80. The molecule has 17 heavy (non-hydrogen) atoms. The Kier molecular flexibility index (Phi) is 2.22. The second-order valence-corrected chi connectivity index (χ2v) is 6.41. The number of hydrogen-bond donors (Lipinski definition) is 1. The molecule has 3 rings (SSSR count). The van der Waals surface area contributed by atoms with E-state index in [-0.39, 0.29) is 5.41 Å². The molecule has 0 heterocycles. The van der Waals surface area contributed by atoms with Crippen LogP contribution in [-0.4, -0.2) is 5.11 Å². The molecular weight excluding hydrogens is 208 g/mol. The van der Waals surface area contributed by atoms with Crippen LogP contribution in [0.15, 0.2) is 30.3 Å². The van der Waals surface area contributed by atoms with Crippen LogP contribution in [0.5, 0.6) is 0 Å². The Balaban J connectivity index is 2.08. The lowest BCUT2D eigenvalue weighted by Gasteiger charge is -2.37. The van der Waals surface area contributed by atoms with Crippen molar-refractivity contribution in [1.82, 2.24) is 0 Å². The summed E-state index contributed by atoms with van der Waals surface area (Å²) in [7, 11) is 0. The molecule has 0 spiro atoms. The summed E-state index contributed by atoms with van der Waals surface area (Å²) >= 11 is 0. The average Bonchev–Trinajstić information content (AvgIpc) is 3.02. The van der Waals surface area contributed by atoms with E-state index in [1.807, 2.05) is 18.2 Å². The van der Waals surface area contributed by atoms with Gasteiger partial charge in [0.15, 0.2) is 0 Å². The van der Waals surface area contributed by atoms with Crippen molar-refractivity contribution in [1.29, 1.82) is 0 Å². The Morgan fingerprint density at radius 3 is 2.35 bits per heavy atom. The molecule has 92 valence electrons. The van der Waals surface area contributed by atoms with E-state index in [9.17, 15) is 5.11 Å². The van der Waals surface area contributed by atoms with Crippen molar-refractivity contribution in [2.75, 3.05) is 0 Å². The number of hydrogen-bond acceptors (Lipinski definition) is 1. The minimum absolute atomic E-state index is 0.147. The first kappa shape index (κ1) is 11.3. The molecule has 0 amide bonds. The lowest BCUT2D eigenvalue weighted by atomic mass is 9.73. The normalized spacial score (nSPS) is 43.8. The minimum atomic E-state index is -0.591. The molecule has 0 saturated heterocycles. The monoisotopic (exact) mass is 230 g/mol. The second kappa shape index (κ2) is 3.35. The third kappa shape index (κ3) is 1.24. The van der Waals surface area contributed by atoms with Crippen LogP contribution in [0.1, 0.15) is 39.2 Å². The molecule has 0 aliphatic heterocycles. The molecule has 2 aliphatic rings. The largest absolute Gasteiger partial charge is 0.385 e. The maximum absolute atomic E-state index is 11.3. The van der Waals surface area contributed by atoms with Gasteiger partial charge in [0.05, 0.1) is 5.60 Å². The van der Waals surface area contributed by atoms with Gasteiger partial charge in [0, 0.05) is 5.41 Å². The van der Waals surface area contributed by atoms with Crippen molar-refractivity contribution in [2.24, 2.45) is 23.2 Å². The summed E-state index contributed by atoms with van der Waals surface area (Å²) in [5, 5.41) is 11.3. The molecule has 1 heteroatoms. The average molecular weight is 230 g/mol. The molecule has 2 aliphatic carbocycles. The van der Waals surface area contributed by atoms with E-state index in [4.69, 9.17) is 0 Å². The number of fused-ring (bicyclic) bond motifs is 1. The van der Waals surface area contributed by atoms with E-state index in [0.717, 1.165) is 17.9 Å². The van der Waals surface area contributed by atoms with Gasteiger partial charge in [-0.3, -0.25) is 0 Å². The predicted octanol–water partition coefficient (Wildman–Crippen LogP) is 3.58. The molecule has 0 aromatic heterocycles. The SMILES string of the molecule is CC1CC(O)(c2ccccc2)C2(C(C)C)CC12. The first-order valence-electron chi connectivity index (χ1n) is 6.80. The third-order valence-corrected chi connectivity index (χ3v) is 5.42. The van der Waals surface area contributed by atoms with Gasteiger partial charge in [0.25, 0.3) is 0 Å². The zero-order valence-electron chi connectivity index (χ0n) is 11.0. The Morgan fingerprint density at radius 2 is 1.82 bits per heavy atom. The van der Waals surface area contributed by atoms with Crippen molar-refractivity contribution < 1.29 is 5.11 Å². The minimum Gasteiger partial charge on any atom is -0.385 e. The molecule has 1 N–H and O–H groups in total. The van der Waals surface area contributed by atoms with Gasteiger partial charge in [-0.15, -0.1) is 0 Å². The van der Waals surface area contributed by atoms with E-state index in [0.29, 0.717) is 11.8 Å². The van der Waals surface area contributed by atoms with Gasteiger partial charge < -0.3 is 5.11 Å². The topological polar surface area (TPSA) is 20.2 Å². The highest BCUT2D eigenvalue weighted by atomic mass is 16.3. The number of aliphatic hydroxyl groups is 1. The molecule has 0 bridgehead atoms. The number of benzene rings is 1. The fourth-order valence-corrected chi connectivity index (χ4v) is 4.53. The highest BCUT2D eigenvalue weighted by Crippen LogP contribution is 2.76. The van der Waals surface area contributed by atoms with Crippen LogP contribution < -0.4 is 0 Å². The molecule has 4 unspecified atom stereocenters. The fraction of sp³-hybridized carbons (Fsp3) is 0.625. The molecule has 1 aromatic rings. The van der Waals surface area contributed by atoms with E-state index >= 15 is 0 Å². The molecule has 2 saturated carbocycles.